The minimum absolute atomic E-state index is 0.368. The standard InChI is InChI=1S/C17H17N3O2/c1-12-3-2-4-13(11-12)9-10-19-17(22)20-16(21)14-5-7-15(18)8-6-14/h2-11H,18H2,1H3,(H2,19,20,21,22)/b10-9+. The summed E-state index contributed by atoms with van der Waals surface area (Å²) in [5, 5.41) is 4.72. The molecule has 0 aliphatic carbocycles. The first-order valence-electron chi connectivity index (χ1n) is 6.75. The van der Waals surface area contributed by atoms with E-state index in [1.165, 1.54) is 6.20 Å². The number of hydrogen-bond donors (Lipinski definition) is 3. The number of nitrogens with two attached hydrogens (primary N) is 1. The Morgan fingerprint density at radius 1 is 1.09 bits per heavy atom. The van der Waals surface area contributed by atoms with Gasteiger partial charge in [-0.3, -0.25) is 10.1 Å². The third-order valence-electron chi connectivity index (χ3n) is 2.93. The van der Waals surface area contributed by atoms with Gasteiger partial charge in [0.05, 0.1) is 0 Å². The first-order valence-corrected chi connectivity index (χ1v) is 6.75. The highest BCUT2D eigenvalue weighted by molar-refractivity contribution is 6.04. The topological polar surface area (TPSA) is 84.2 Å². The lowest BCUT2D eigenvalue weighted by Gasteiger charge is -2.04. The molecule has 0 radical (unpaired) electrons. The molecule has 0 spiro atoms. The molecule has 0 bridgehead atoms. The molecule has 0 aromatic heterocycles. The molecule has 4 N–H and O–H groups in total. The number of hydrogen-bond acceptors (Lipinski definition) is 3. The Labute approximate surface area is 128 Å². The predicted octanol–water partition coefficient (Wildman–Crippen LogP) is 2.69. The number of carbonyl (C=O) groups excluding carboxylic acids is 2. The lowest BCUT2D eigenvalue weighted by atomic mass is 10.1. The first-order chi connectivity index (χ1) is 10.5. The third-order valence-corrected chi connectivity index (χ3v) is 2.93. The fraction of sp³-hybridized carbons (Fsp3) is 0.0588. The van der Waals surface area contributed by atoms with Crippen LogP contribution in [-0.2, 0) is 0 Å². The van der Waals surface area contributed by atoms with E-state index in [-0.39, 0.29) is 0 Å². The van der Waals surface area contributed by atoms with Crippen molar-refractivity contribution in [1.82, 2.24) is 10.6 Å². The normalized spacial score (nSPS) is 10.4. The quantitative estimate of drug-likeness (QED) is 0.761. The molecule has 0 aliphatic rings. The van der Waals surface area contributed by atoms with Crippen LogP contribution in [0.15, 0.2) is 54.7 Å². The van der Waals surface area contributed by atoms with Crippen LogP contribution < -0.4 is 16.4 Å². The SMILES string of the molecule is Cc1cccc(/C=C/NC(=O)NC(=O)c2ccc(N)cc2)c1. The molecule has 0 aliphatic heterocycles. The highest BCUT2D eigenvalue weighted by Crippen LogP contribution is 2.06. The van der Waals surface area contributed by atoms with Crippen LogP contribution in [0.4, 0.5) is 10.5 Å². The monoisotopic (exact) mass is 295 g/mol. The van der Waals surface area contributed by atoms with E-state index in [0.29, 0.717) is 11.3 Å². The number of aryl methyl sites for hydroxylation is 1. The molecule has 112 valence electrons. The molecule has 2 aromatic carbocycles. The summed E-state index contributed by atoms with van der Waals surface area (Å²) in [7, 11) is 0. The van der Waals surface area contributed by atoms with Gasteiger partial charge in [0.15, 0.2) is 0 Å². The van der Waals surface area contributed by atoms with Crippen molar-refractivity contribution in [2.24, 2.45) is 0 Å². The van der Waals surface area contributed by atoms with Gasteiger partial charge in [-0.15, -0.1) is 0 Å². The van der Waals surface area contributed by atoms with E-state index in [0.717, 1.165) is 11.1 Å². The maximum atomic E-state index is 11.8. The van der Waals surface area contributed by atoms with Gasteiger partial charge in [0.2, 0.25) is 0 Å². The number of rotatable bonds is 3. The average molecular weight is 295 g/mol. The van der Waals surface area contributed by atoms with Crippen molar-refractivity contribution in [1.29, 1.82) is 0 Å². The fourth-order valence-electron chi connectivity index (χ4n) is 1.83. The number of amides is 3. The number of anilines is 1. The lowest BCUT2D eigenvalue weighted by Crippen LogP contribution is -2.36. The molecule has 0 heterocycles. The van der Waals surface area contributed by atoms with Crippen molar-refractivity contribution < 1.29 is 9.59 Å². The van der Waals surface area contributed by atoms with Gasteiger partial charge in [-0.1, -0.05) is 29.8 Å². The molecule has 2 rings (SSSR count). The second kappa shape index (κ2) is 7.08. The van der Waals surface area contributed by atoms with E-state index in [9.17, 15) is 9.59 Å². The van der Waals surface area contributed by atoms with E-state index in [1.54, 1.807) is 30.3 Å². The summed E-state index contributed by atoms with van der Waals surface area (Å²) in [5.41, 5.74) is 8.56. The molecule has 5 nitrogen and oxygen atoms in total. The van der Waals surface area contributed by atoms with Gasteiger partial charge in [0.1, 0.15) is 0 Å². The van der Waals surface area contributed by atoms with Crippen LogP contribution >= 0.6 is 0 Å². The number of nitrogen functional groups attached to an aromatic ring is 1. The lowest BCUT2D eigenvalue weighted by molar-refractivity contribution is 0.0965. The number of urea groups is 1. The maximum Gasteiger partial charge on any atom is 0.325 e. The smallest absolute Gasteiger partial charge is 0.325 e. The highest BCUT2D eigenvalue weighted by atomic mass is 16.2. The van der Waals surface area contributed by atoms with Crippen molar-refractivity contribution in [2.45, 2.75) is 6.92 Å². The molecule has 0 atom stereocenters. The van der Waals surface area contributed by atoms with Crippen LogP contribution in [-0.4, -0.2) is 11.9 Å². The molecule has 2 aromatic rings. The summed E-state index contributed by atoms with van der Waals surface area (Å²) in [6.07, 6.45) is 3.24. The Balaban J connectivity index is 1.87. The molecule has 0 saturated heterocycles. The molecular weight excluding hydrogens is 278 g/mol. The van der Waals surface area contributed by atoms with Gasteiger partial charge in [-0.05, 0) is 42.8 Å². The van der Waals surface area contributed by atoms with Crippen molar-refractivity contribution >= 4 is 23.7 Å². The number of imide groups is 1. The molecule has 22 heavy (non-hydrogen) atoms. The number of carbonyl (C=O) groups is 2. The van der Waals surface area contributed by atoms with Gasteiger partial charge in [0.25, 0.3) is 5.91 Å². The van der Waals surface area contributed by atoms with E-state index in [1.807, 2.05) is 31.2 Å². The van der Waals surface area contributed by atoms with Crippen molar-refractivity contribution in [2.75, 3.05) is 5.73 Å². The van der Waals surface area contributed by atoms with Crippen molar-refractivity contribution in [3.63, 3.8) is 0 Å². The van der Waals surface area contributed by atoms with Crippen LogP contribution in [0.3, 0.4) is 0 Å². The molecule has 5 heteroatoms. The van der Waals surface area contributed by atoms with Gasteiger partial charge in [-0.2, -0.15) is 0 Å². The Bertz CT molecular complexity index is 706. The Kier molecular flexibility index (Phi) is 4.93. The van der Waals surface area contributed by atoms with Gasteiger partial charge < -0.3 is 11.1 Å². The first kappa shape index (κ1) is 15.3. The minimum atomic E-state index is -0.592. The summed E-state index contributed by atoms with van der Waals surface area (Å²) in [5.74, 6) is -0.485. The van der Waals surface area contributed by atoms with Crippen LogP contribution in [0, 0.1) is 6.92 Å². The molecule has 3 amide bonds. The Hall–Kier alpha value is -3.08. The van der Waals surface area contributed by atoms with Crippen molar-refractivity contribution in [3.8, 4) is 0 Å². The van der Waals surface area contributed by atoms with Gasteiger partial charge >= 0.3 is 6.03 Å². The van der Waals surface area contributed by atoms with Crippen LogP contribution in [0.2, 0.25) is 0 Å². The van der Waals surface area contributed by atoms with Crippen LogP contribution in [0.25, 0.3) is 6.08 Å². The Morgan fingerprint density at radius 3 is 2.50 bits per heavy atom. The maximum absolute atomic E-state index is 11.8. The summed E-state index contributed by atoms with van der Waals surface area (Å²) >= 11 is 0. The zero-order valence-electron chi connectivity index (χ0n) is 12.2. The van der Waals surface area contributed by atoms with E-state index in [4.69, 9.17) is 5.73 Å². The zero-order valence-corrected chi connectivity index (χ0v) is 12.2. The predicted molar refractivity (Wildman–Crippen MR) is 87.1 cm³/mol. The largest absolute Gasteiger partial charge is 0.399 e. The second-order valence-electron chi connectivity index (χ2n) is 4.80. The number of nitrogens with one attached hydrogen (secondary N) is 2. The molecule has 0 unspecified atom stereocenters. The summed E-state index contributed by atoms with van der Waals surface area (Å²) in [4.78, 5) is 23.4. The Morgan fingerprint density at radius 2 is 1.82 bits per heavy atom. The summed E-state index contributed by atoms with van der Waals surface area (Å²) in [6.45, 7) is 1.99. The van der Waals surface area contributed by atoms with E-state index in [2.05, 4.69) is 10.6 Å². The molecular formula is C17H17N3O2. The van der Waals surface area contributed by atoms with E-state index >= 15 is 0 Å². The van der Waals surface area contributed by atoms with Gasteiger partial charge in [-0.25, -0.2) is 4.79 Å². The zero-order chi connectivity index (χ0) is 15.9. The average Bonchev–Trinajstić information content (AvgIpc) is 2.48. The molecule has 0 fully saturated rings. The fourth-order valence-corrected chi connectivity index (χ4v) is 1.83. The van der Waals surface area contributed by atoms with Gasteiger partial charge in [0, 0.05) is 17.5 Å². The second-order valence-corrected chi connectivity index (χ2v) is 4.80. The van der Waals surface area contributed by atoms with Crippen molar-refractivity contribution in [3.05, 3.63) is 71.4 Å². The van der Waals surface area contributed by atoms with Crippen LogP contribution in [0.5, 0.6) is 0 Å². The number of benzene rings is 2. The highest BCUT2D eigenvalue weighted by Gasteiger charge is 2.08. The summed E-state index contributed by atoms with van der Waals surface area (Å²) < 4.78 is 0. The molecule has 0 saturated carbocycles. The third kappa shape index (κ3) is 4.49. The van der Waals surface area contributed by atoms with E-state index < -0.39 is 11.9 Å². The minimum Gasteiger partial charge on any atom is -0.399 e. The summed E-state index contributed by atoms with van der Waals surface area (Å²) in [6, 6.07) is 13.5. The van der Waals surface area contributed by atoms with Crippen LogP contribution in [0.1, 0.15) is 21.5 Å².